The molecule has 1 atom stereocenters. The van der Waals surface area contributed by atoms with Gasteiger partial charge in [0.2, 0.25) is 0 Å². The molecular formula is C7H9O2. The van der Waals surface area contributed by atoms with Crippen molar-refractivity contribution in [2.24, 2.45) is 5.92 Å². The Labute approximate surface area is 54.2 Å². The highest BCUT2D eigenvalue weighted by Crippen LogP contribution is 2.15. The molecule has 0 aromatic rings. The third kappa shape index (κ3) is 1.56. The summed E-state index contributed by atoms with van der Waals surface area (Å²) < 4.78 is 0. The number of allylic oxidation sites excluding steroid dienone is 1. The van der Waals surface area contributed by atoms with Gasteiger partial charge in [-0.25, -0.2) is 0 Å². The van der Waals surface area contributed by atoms with Gasteiger partial charge < -0.3 is 5.11 Å². The van der Waals surface area contributed by atoms with E-state index in [4.69, 9.17) is 5.11 Å². The molecule has 0 aliphatic heterocycles. The van der Waals surface area contributed by atoms with Crippen LogP contribution in [-0.4, -0.2) is 11.1 Å². The number of hydrogen-bond donors (Lipinski definition) is 1. The summed E-state index contributed by atoms with van der Waals surface area (Å²) in [6, 6.07) is 0. The van der Waals surface area contributed by atoms with Gasteiger partial charge in [-0.05, 0) is 19.3 Å². The van der Waals surface area contributed by atoms with Gasteiger partial charge in [-0.15, -0.1) is 0 Å². The third-order valence-corrected chi connectivity index (χ3v) is 1.44. The van der Waals surface area contributed by atoms with Crippen molar-refractivity contribution < 1.29 is 9.90 Å². The molecule has 9 heavy (non-hydrogen) atoms. The monoisotopic (exact) mass is 125 g/mol. The summed E-state index contributed by atoms with van der Waals surface area (Å²) in [6.07, 6.45) is 7.19. The SMILES string of the molecule is O=C(O)C1C=C[CH]CC1. The Kier molecular flexibility index (Phi) is 1.88. The average molecular weight is 125 g/mol. The summed E-state index contributed by atoms with van der Waals surface area (Å²) in [5, 5.41) is 8.47. The van der Waals surface area contributed by atoms with Crippen LogP contribution in [0, 0.1) is 12.3 Å². The number of carbonyl (C=O) groups is 1. The van der Waals surface area contributed by atoms with Crippen LogP contribution >= 0.6 is 0 Å². The summed E-state index contributed by atoms with van der Waals surface area (Å²) >= 11 is 0. The minimum atomic E-state index is -0.709. The maximum absolute atomic E-state index is 10.3. The standard InChI is InChI=1S/C7H9O2/c8-7(9)6-4-2-1-3-5-6/h1-2,4,6H,3,5H2,(H,8,9). The van der Waals surface area contributed by atoms with E-state index in [0.29, 0.717) is 0 Å². The summed E-state index contributed by atoms with van der Waals surface area (Å²) in [5.74, 6) is -0.950. The second-order valence-electron chi connectivity index (χ2n) is 2.14. The number of rotatable bonds is 1. The zero-order valence-electron chi connectivity index (χ0n) is 5.08. The summed E-state index contributed by atoms with van der Waals surface area (Å²) in [5.41, 5.74) is 0. The van der Waals surface area contributed by atoms with Gasteiger partial charge in [0, 0.05) is 0 Å². The number of aliphatic carboxylic acids is 1. The summed E-state index contributed by atoms with van der Waals surface area (Å²) in [7, 11) is 0. The molecule has 2 nitrogen and oxygen atoms in total. The van der Waals surface area contributed by atoms with Crippen LogP contribution in [0.3, 0.4) is 0 Å². The molecule has 1 rings (SSSR count). The number of carboxylic acids is 1. The molecule has 1 aliphatic carbocycles. The Morgan fingerprint density at radius 2 is 2.44 bits per heavy atom. The molecule has 0 saturated carbocycles. The van der Waals surface area contributed by atoms with Crippen LogP contribution in [0.15, 0.2) is 12.2 Å². The van der Waals surface area contributed by atoms with Crippen LogP contribution in [0.25, 0.3) is 0 Å². The highest BCUT2D eigenvalue weighted by molar-refractivity contribution is 5.72. The fraction of sp³-hybridized carbons (Fsp3) is 0.429. The van der Waals surface area contributed by atoms with E-state index >= 15 is 0 Å². The van der Waals surface area contributed by atoms with Gasteiger partial charge in [0.25, 0.3) is 0 Å². The molecule has 1 unspecified atom stereocenters. The predicted molar refractivity (Wildman–Crippen MR) is 33.8 cm³/mol. The van der Waals surface area contributed by atoms with E-state index < -0.39 is 5.97 Å². The van der Waals surface area contributed by atoms with E-state index in [0.717, 1.165) is 12.8 Å². The normalized spacial score (nSPS) is 26.0. The first kappa shape index (κ1) is 6.33. The Morgan fingerprint density at radius 1 is 1.67 bits per heavy atom. The Balaban J connectivity index is 2.50. The lowest BCUT2D eigenvalue weighted by atomic mass is 9.96. The van der Waals surface area contributed by atoms with Gasteiger partial charge >= 0.3 is 5.97 Å². The van der Waals surface area contributed by atoms with E-state index in [1.165, 1.54) is 0 Å². The number of carboxylic acid groups (broad SMARTS) is 1. The third-order valence-electron chi connectivity index (χ3n) is 1.44. The zero-order valence-corrected chi connectivity index (χ0v) is 5.08. The Morgan fingerprint density at radius 3 is 2.78 bits per heavy atom. The molecule has 0 aromatic heterocycles. The van der Waals surface area contributed by atoms with Crippen LogP contribution in [0.5, 0.6) is 0 Å². The molecular weight excluding hydrogens is 116 g/mol. The van der Waals surface area contributed by atoms with Gasteiger partial charge in [-0.2, -0.15) is 0 Å². The maximum atomic E-state index is 10.3. The first-order valence-electron chi connectivity index (χ1n) is 3.03. The lowest BCUT2D eigenvalue weighted by Crippen LogP contribution is -2.12. The van der Waals surface area contributed by atoms with Crippen molar-refractivity contribution in [1.82, 2.24) is 0 Å². The predicted octanol–water partition coefficient (Wildman–Crippen LogP) is 1.24. The van der Waals surface area contributed by atoms with Gasteiger partial charge in [-0.1, -0.05) is 12.2 Å². The minimum absolute atomic E-state index is 0.241. The minimum Gasteiger partial charge on any atom is -0.481 e. The van der Waals surface area contributed by atoms with Crippen molar-refractivity contribution in [2.45, 2.75) is 12.8 Å². The van der Waals surface area contributed by atoms with Gasteiger partial charge in [0.15, 0.2) is 0 Å². The van der Waals surface area contributed by atoms with Crippen molar-refractivity contribution in [1.29, 1.82) is 0 Å². The van der Waals surface area contributed by atoms with Crippen LogP contribution in [0.2, 0.25) is 0 Å². The smallest absolute Gasteiger partial charge is 0.310 e. The van der Waals surface area contributed by atoms with Crippen LogP contribution < -0.4 is 0 Å². The molecule has 0 aromatic carbocycles. The highest BCUT2D eigenvalue weighted by Gasteiger charge is 2.14. The molecule has 0 bridgehead atoms. The topological polar surface area (TPSA) is 37.3 Å². The van der Waals surface area contributed by atoms with Crippen molar-refractivity contribution in [2.75, 3.05) is 0 Å². The largest absolute Gasteiger partial charge is 0.481 e. The van der Waals surface area contributed by atoms with Crippen LogP contribution in [0.1, 0.15) is 12.8 Å². The van der Waals surface area contributed by atoms with Crippen molar-refractivity contribution >= 4 is 5.97 Å². The zero-order chi connectivity index (χ0) is 6.69. The van der Waals surface area contributed by atoms with E-state index in [1.54, 1.807) is 6.08 Å². The van der Waals surface area contributed by atoms with Gasteiger partial charge in [0.05, 0.1) is 5.92 Å². The molecule has 0 fully saturated rings. The van der Waals surface area contributed by atoms with Crippen molar-refractivity contribution in [3.63, 3.8) is 0 Å². The quantitative estimate of drug-likeness (QED) is 0.572. The van der Waals surface area contributed by atoms with Crippen molar-refractivity contribution in [3.8, 4) is 0 Å². The van der Waals surface area contributed by atoms with Gasteiger partial charge in [0.1, 0.15) is 0 Å². The highest BCUT2D eigenvalue weighted by atomic mass is 16.4. The molecule has 49 valence electrons. The van der Waals surface area contributed by atoms with E-state index in [-0.39, 0.29) is 5.92 Å². The molecule has 2 heteroatoms. The molecule has 0 amide bonds. The molecule has 0 saturated heterocycles. The first-order chi connectivity index (χ1) is 4.30. The Hall–Kier alpha value is -0.790. The van der Waals surface area contributed by atoms with E-state index in [2.05, 4.69) is 0 Å². The summed E-state index contributed by atoms with van der Waals surface area (Å²) in [4.78, 5) is 10.3. The van der Waals surface area contributed by atoms with Gasteiger partial charge in [-0.3, -0.25) is 4.79 Å². The lowest BCUT2D eigenvalue weighted by Gasteiger charge is -2.09. The second-order valence-corrected chi connectivity index (χ2v) is 2.14. The second kappa shape index (κ2) is 2.67. The van der Waals surface area contributed by atoms with E-state index in [1.807, 2.05) is 12.5 Å². The number of hydrogen-bond acceptors (Lipinski definition) is 1. The lowest BCUT2D eigenvalue weighted by molar-refractivity contribution is -0.140. The van der Waals surface area contributed by atoms with Crippen LogP contribution in [0.4, 0.5) is 0 Å². The molecule has 0 heterocycles. The fourth-order valence-corrected chi connectivity index (χ4v) is 0.887. The maximum Gasteiger partial charge on any atom is 0.310 e. The molecule has 1 radical (unpaired) electrons. The first-order valence-corrected chi connectivity index (χ1v) is 3.03. The molecule has 1 N–H and O–H groups in total. The molecule has 0 spiro atoms. The van der Waals surface area contributed by atoms with E-state index in [9.17, 15) is 4.79 Å². The fourth-order valence-electron chi connectivity index (χ4n) is 0.887. The Bertz CT molecular complexity index is 138. The average Bonchev–Trinajstić information content (AvgIpc) is 1.90. The van der Waals surface area contributed by atoms with Crippen molar-refractivity contribution in [3.05, 3.63) is 18.6 Å². The summed E-state index contributed by atoms with van der Waals surface area (Å²) in [6.45, 7) is 0. The molecule has 1 aliphatic rings. The van der Waals surface area contributed by atoms with Crippen LogP contribution in [-0.2, 0) is 4.79 Å².